The first kappa shape index (κ1) is 18.2. The molecule has 0 bridgehead atoms. The Bertz CT molecular complexity index is 801. The molecular weight excluding hydrogens is 333 g/mol. The van der Waals surface area contributed by atoms with Crippen molar-refractivity contribution in [2.75, 3.05) is 0 Å². The molecule has 0 unspecified atom stereocenters. The monoisotopic (exact) mass is 357 g/mol. The van der Waals surface area contributed by atoms with Gasteiger partial charge in [-0.2, -0.15) is 0 Å². The standard InChI is InChI=1S/C21H24FNO3/c1-13-5-10-17-18(12-21(3,4)26-19(17)11-13)23-20(24)14(2)25-16-8-6-15(22)7-9-16/h5-11,14,18H,12H2,1-4H3,(H,23,24)/t14-,18-/m1/s1. The second kappa shape index (κ2) is 6.98. The molecule has 0 saturated heterocycles. The fraction of sp³-hybridized carbons (Fsp3) is 0.381. The fourth-order valence-electron chi connectivity index (χ4n) is 3.15. The molecule has 1 aliphatic heterocycles. The molecule has 4 nitrogen and oxygen atoms in total. The Morgan fingerprint density at radius 3 is 2.65 bits per heavy atom. The predicted molar refractivity (Wildman–Crippen MR) is 97.9 cm³/mol. The highest BCUT2D eigenvalue weighted by molar-refractivity contribution is 5.81. The maximum absolute atomic E-state index is 13.0. The molecule has 0 saturated carbocycles. The lowest BCUT2D eigenvalue weighted by atomic mass is 9.89. The SMILES string of the molecule is Cc1ccc2c(c1)OC(C)(C)C[C@H]2NC(=O)[C@@H](C)Oc1ccc(F)cc1. The third kappa shape index (κ3) is 4.15. The van der Waals surface area contributed by atoms with Crippen molar-refractivity contribution >= 4 is 5.91 Å². The number of amides is 1. The number of aryl methyl sites for hydroxylation is 1. The van der Waals surface area contributed by atoms with Gasteiger partial charge in [0.25, 0.3) is 5.91 Å². The minimum atomic E-state index is -0.694. The number of carbonyl (C=O) groups excluding carboxylic acids is 1. The van der Waals surface area contributed by atoms with Gasteiger partial charge in [0.2, 0.25) is 0 Å². The zero-order valence-electron chi connectivity index (χ0n) is 15.5. The number of halogens is 1. The van der Waals surface area contributed by atoms with E-state index in [0.29, 0.717) is 12.2 Å². The van der Waals surface area contributed by atoms with E-state index in [1.165, 1.54) is 24.3 Å². The first-order valence-electron chi connectivity index (χ1n) is 8.76. The van der Waals surface area contributed by atoms with E-state index in [1.807, 2.05) is 39.0 Å². The molecule has 1 amide bonds. The minimum absolute atomic E-state index is 0.152. The zero-order valence-corrected chi connectivity index (χ0v) is 15.5. The van der Waals surface area contributed by atoms with Crippen molar-refractivity contribution in [2.45, 2.75) is 51.9 Å². The van der Waals surface area contributed by atoms with Crippen LogP contribution in [0.3, 0.4) is 0 Å². The van der Waals surface area contributed by atoms with Gasteiger partial charge in [-0.25, -0.2) is 4.39 Å². The molecule has 1 aliphatic rings. The van der Waals surface area contributed by atoms with Crippen LogP contribution in [0.25, 0.3) is 0 Å². The average Bonchev–Trinajstić information content (AvgIpc) is 2.55. The summed E-state index contributed by atoms with van der Waals surface area (Å²) in [5, 5.41) is 3.06. The number of nitrogens with one attached hydrogen (secondary N) is 1. The van der Waals surface area contributed by atoms with Gasteiger partial charge in [0.15, 0.2) is 6.10 Å². The number of carbonyl (C=O) groups is 1. The maximum atomic E-state index is 13.0. The molecule has 2 aromatic carbocycles. The van der Waals surface area contributed by atoms with Crippen molar-refractivity contribution in [3.8, 4) is 11.5 Å². The van der Waals surface area contributed by atoms with Crippen molar-refractivity contribution in [1.29, 1.82) is 0 Å². The lowest BCUT2D eigenvalue weighted by molar-refractivity contribution is -0.128. The number of fused-ring (bicyclic) bond motifs is 1. The number of ether oxygens (including phenoxy) is 2. The van der Waals surface area contributed by atoms with Crippen molar-refractivity contribution in [3.63, 3.8) is 0 Å². The molecule has 1 N–H and O–H groups in total. The van der Waals surface area contributed by atoms with Crippen LogP contribution < -0.4 is 14.8 Å². The summed E-state index contributed by atoms with van der Waals surface area (Å²) < 4.78 is 24.7. The Hall–Kier alpha value is -2.56. The van der Waals surface area contributed by atoms with Crippen molar-refractivity contribution in [3.05, 3.63) is 59.4 Å². The number of hydrogen-bond donors (Lipinski definition) is 1. The van der Waals surface area contributed by atoms with Crippen LogP contribution in [-0.2, 0) is 4.79 Å². The van der Waals surface area contributed by atoms with E-state index < -0.39 is 6.10 Å². The first-order valence-corrected chi connectivity index (χ1v) is 8.76. The van der Waals surface area contributed by atoms with Gasteiger partial charge >= 0.3 is 0 Å². The van der Waals surface area contributed by atoms with Crippen LogP contribution in [0.4, 0.5) is 4.39 Å². The van der Waals surface area contributed by atoms with Gasteiger partial charge < -0.3 is 14.8 Å². The highest BCUT2D eigenvalue weighted by atomic mass is 19.1. The maximum Gasteiger partial charge on any atom is 0.261 e. The molecule has 1 heterocycles. The van der Waals surface area contributed by atoms with E-state index >= 15 is 0 Å². The topological polar surface area (TPSA) is 47.6 Å². The van der Waals surface area contributed by atoms with Gasteiger partial charge in [-0.1, -0.05) is 12.1 Å². The van der Waals surface area contributed by atoms with Crippen molar-refractivity contribution in [1.82, 2.24) is 5.32 Å². The summed E-state index contributed by atoms with van der Waals surface area (Å²) >= 11 is 0. The van der Waals surface area contributed by atoms with E-state index in [9.17, 15) is 9.18 Å². The van der Waals surface area contributed by atoms with Gasteiger partial charge in [-0.3, -0.25) is 4.79 Å². The molecule has 2 aromatic rings. The molecule has 0 radical (unpaired) electrons. The summed E-state index contributed by atoms with van der Waals surface area (Å²) in [6.45, 7) is 7.71. The third-order valence-corrected chi connectivity index (χ3v) is 4.44. The van der Waals surface area contributed by atoms with E-state index in [-0.39, 0.29) is 23.4 Å². The van der Waals surface area contributed by atoms with E-state index in [0.717, 1.165) is 16.9 Å². The van der Waals surface area contributed by atoms with Crippen LogP contribution in [-0.4, -0.2) is 17.6 Å². The van der Waals surface area contributed by atoms with Gasteiger partial charge in [0.1, 0.15) is 22.9 Å². The van der Waals surface area contributed by atoms with Crippen molar-refractivity contribution < 1.29 is 18.7 Å². The number of hydrogen-bond acceptors (Lipinski definition) is 3. The average molecular weight is 357 g/mol. The molecule has 3 rings (SSSR count). The van der Waals surface area contributed by atoms with Crippen LogP contribution in [0.5, 0.6) is 11.5 Å². The molecule has 0 spiro atoms. The Kier molecular flexibility index (Phi) is 4.90. The molecule has 5 heteroatoms. The molecule has 2 atom stereocenters. The Balaban J connectivity index is 1.73. The van der Waals surface area contributed by atoms with E-state index in [2.05, 4.69) is 5.32 Å². The highest BCUT2D eigenvalue weighted by Gasteiger charge is 2.35. The Morgan fingerprint density at radius 2 is 1.96 bits per heavy atom. The van der Waals surface area contributed by atoms with Crippen LogP contribution in [0.2, 0.25) is 0 Å². The summed E-state index contributed by atoms with van der Waals surface area (Å²) in [7, 11) is 0. The first-order chi connectivity index (χ1) is 12.2. The van der Waals surface area contributed by atoms with Crippen LogP contribution >= 0.6 is 0 Å². The van der Waals surface area contributed by atoms with Gasteiger partial charge in [-0.05, 0) is 63.6 Å². The molecular formula is C21H24FNO3. The summed E-state index contributed by atoms with van der Waals surface area (Å²) in [5.74, 6) is 0.699. The second-order valence-corrected chi connectivity index (χ2v) is 7.38. The van der Waals surface area contributed by atoms with Crippen LogP contribution in [0.15, 0.2) is 42.5 Å². The lowest BCUT2D eigenvalue weighted by Gasteiger charge is -2.38. The quantitative estimate of drug-likeness (QED) is 0.886. The van der Waals surface area contributed by atoms with E-state index in [1.54, 1.807) is 6.92 Å². The minimum Gasteiger partial charge on any atom is -0.487 e. The van der Waals surface area contributed by atoms with Crippen molar-refractivity contribution in [2.24, 2.45) is 0 Å². The second-order valence-electron chi connectivity index (χ2n) is 7.38. The fourth-order valence-corrected chi connectivity index (χ4v) is 3.15. The predicted octanol–water partition coefficient (Wildman–Crippen LogP) is 4.32. The highest BCUT2D eigenvalue weighted by Crippen LogP contribution is 2.39. The third-order valence-electron chi connectivity index (χ3n) is 4.44. The normalized spacial score (nSPS) is 19.0. The van der Waals surface area contributed by atoms with Crippen LogP contribution in [0.1, 0.15) is 44.4 Å². The summed E-state index contributed by atoms with van der Waals surface area (Å²) in [5.41, 5.74) is 1.71. The summed E-state index contributed by atoms with van der Waals surface area (Å²) in [6, 6.07) is 11.5. The van der Waals surface area contributed by atoms with E-state index in [4.69, 9.17) is 9.47 Å². The number of rotatable bonds is 4. The summed E-state index contributed by atoms with van der Waals surface area (Å²) in [6.07, 6.45) is -0.0294. The molecule has 0 aromatic heterocycles. The molecule has 26 heavy (non-hydrogen) atoms. The molecule has 0 fully saturated rings. The van der Waals surface area contributed by atoms with Gasteiger partial charge in [0.05, 0.1) is 6.04 Å². The largest absolute Gasteiger partial charge is 0.487 e. The van der Waals surface area contributed by atoms with Gasteiger partial charge in [-0.15, -0.1) is 0 Å². The number of benzene rings is 2. The lowest BCUT2D eigenvalue weighted by Crippen LogP contribution is -2.44. The Labute approximate surface area is 153 Å². The Morgan fingerprint density at radius 1 is 1.27 bits per heavy atom. The smallest absolute Gasteiger partial charge is 0.261 e. The van der Waals surface area contributed by atoms with Crippen LogP contribution in [0, 0.1) is 12.7 Å². The summed E-state index contributed by atoms with van der Waals surface area (Å²) in [4.78, 5) is 12.6. The molecule has 138 valence electrons. The van der Waals surface area contributed by atoms with Gasteiger partial charge in [0, 0.05) is 12.0 Å². The molecule has 0 aliphatic carbocycles. The zero-order chi connectivity index (χ0) is 18.9.